The van der Waals surface area contributed by atoms with Gasteiger partial charge in [0, 0.05) is 10.9 Å². The second-order valence-corrected chi connectivity index (χ2v) is 4.79. The predicted octanol–water partition coefficient (Wildman–Crippen LogP) is 0.627. The van der Waals surface area contributed by atoms with Crippen LogP contribution in [0.3, 0.4) is 0 Å². The van der Waals surface area contributed by atoms with E-state index in [4.69, 9.17) is 10.2 Å². The van der Waals surface area contributed by atoms with E-state index in [1.165, 1.54) is 0 Å². The number of hydrogen-bond donors (Lipinski definition) is 3. The first-order chi connectivity index (χ1) is 10.1. The van der Waals surface area contributed by atoms with Gasteiger partial charge in [0.05, 0.1) is 0 Å². The van der Waals surface area contributed by atoms with E-state index in [1.54, 1.807) is 12.1 Å². The molecule has 7 nitrogen and oxygen atoms in total. The van der Waals surface area contributed by atoms with Crippen molar-refractivity contribution in [3.05, 3.63) is 35.1 Å². The summed E-state index contributed by atoms with van der Waals surface area (Å²) < 4.78 is 5.58. The molecule has 0 saturated carbocycles. The molecular weight excluding hydrogens is 274 g/mol. The zero-order chi connectivity index (χ0) is 15.0. The van der Waals surface area contributed by atoms with Crippen LogP contribution in [0.4, 0.5) is 4.79 Å². The van der Waals surface area contributed by atoms with Gasteiger partial charge in [-0.25, -0.2) is 4.79 Å². The van der Waals surface area contributed by atoms with E-state index in [0.717, 1.165) is 17.2 Å². The van der Waals surface area contributed by atoms with Crippen LogP contribution >= 0.6 is 0 Å². The highest BCUT2D eigenvalue weighted by Crippen LogP contribution is 2.28. The van der Waals surface area contributed by atoms with Crippen LogP contribution in [0.1, 0.15) is 27.7 Å². The average Bonchev–Trinajstić information content (AvgIpc) is 3.00. The minimum atomic E-state index is -0.845. The summed E-state index contributed by atoms with van der Waals surface area (Å²) in [6, 6.07) is 3.71. The lowest BCUT2D eigenvalue weighted by Gasteiger charge is -2.02. The fourth-order valence-electron chi connectivity index (χ4n) is 2.41. The highest BCUT2D eigenvalue weighted by Gasteiger charge is 2.33. The van der Waals surface area contributed by atoms with Gasteiger partial charge in [-0.2, -0.15) is 0 Å². The van der Waals surface area contributed by atoms with Gasteiger partial charge in [-0.3, -0.25) is 14.9 Å². The average molecular weight is 287 g/mol. The molecule has 1 unspecified atom stereocenters. The molecule has 7 heteroatoms. The molecule has 3 rings (SSSR count). The Morgan fingerprint density at radius 1 is 1.29 bits per heavy atom. The summed E-state index contributed by atoms with van der Waals surface area (Å²) in [5.74, 6) is -0.132. The van der Waals surface area contributed by atoms with Crippen molar-refractivity contribution in [3.8, 4) is 0 Å². The number of hydrogen-bond acceptors (Lipinski definition) is 5. The lowest BCUT2D eigenvalue weighted by Crippen LogP contribution is -2.22. The van der Waals surface area contributed by atoms with Crippen LogP contribution in [-0.2, 0) is 11.2 Å². The maximum atomic E-state index is 11.6. The number of urea groups is 1. The van der Waals surface area contributed by atoms with Crippen molar-refractivity contribution in [2.75, 3.05) is 6.54 Å². The number of rotatable bonds is 4. The molecule has 1 atom stereocenters. The first kappa shape index (κ1) is 13.3. The highest BCUT2D eigenvalue weighted by molar-refractivity contribution is 6.04. The Kier molecular flexibility index (Phi) is 3.19. The number of fused-ring (bicyclic) bond motifs is 1. The summed E-state index contributed by atoms with van der Waals surface area (Å²) in [4.78, 5) is 33.9. The summed E-state index contributed by atoms with van der Waals surface area (Å²) in [5.41, 5.74) is 7.35. The van der Waals surface area contributed by atoms with Gasteiger partial charge in [0.25, 0.3) is 5.91 Å². The topological polar surface area (TPSA) is 114 Å². The number of amides is 3. The normalized spacial score (nSPS) is 17.9. The Bertz CT molecular complexity index is 750. The minimum Gasteiger partial charge on any atom is -0.458 e. The van der Waals surface area contributed by atoms with E-state index < -0.39 is 18.0 Å². The minimum absolute atomic E-state index is 0.329. The SMILES string of the molecule is NCCc1cc2cc(C3NC(=O)NC3=O)oc2cc1C=O. The molecule has 1 saturated heterocycles. The molecule has 1 fully saturated rings. The number of carbonyl (C=O) groups excluding carboxylic acids is 3. The molecule has 2 heterocycles. The smallest absolute Gasteiger partial charge is 0.322 e. The monoisotopic (exact) mass is 287 g/mol. The second kappa shape index (κ2) is 5.02. The summed E-state index contributed by atoms with van der Waals surface area (Å²) in [7, 11) is 0. The zero-order valence-corrected chi connectivity index (χ0v) is 11.0. The highest BCUT2D eigenvalue weighted by atomic mass is 16.3. The number of nitrogens with one attached hydrogen (secondary N) is 2. The van der Waals surface area contributed by atoms with Crippen molar-refractivity contribution in [3.63, 3.8) is 0 Å². The number of carbonyl (C=O) groups is 3. The third-order valence-corrected chi connectivity index (χ3v) is 3.40. The van der Waals surface area contributed by atoms with E-state index in [-0.39, 0.29) is 0 Å². The largest absolute Gasteiger partial charge is 0.458 e. The standard InChI is InChI=1S/C14H13N3O4/c15-2-1-7-3-8-4-11(12-13(19)17-14(20)16-12)21-10(8)5-9(7)6-18/h3-6,12H,1-2,15H2,(H2,16,17,19,20). The van der Waals surface area contributed by atoms with Gasteiger partial charge < -0.3 is 15.5 Å². The van der Waals surface area contributed by atoms with Crippen LogP contribution in [0.15, 0.2) is 22.6 Å². The van der Waals surface area contributed by atoms with Crippen molar-refractivity contribution >= 4 is 29.2 Å². The molecule has 1 aromatic carbocycles. The van der Waals surface area contributed by atoms with E-state index in [2.05, 4.69) is 10.6 Å². The quantitative estimate of drug-likeness (QED) is 0.563. The lowest BCUT2D eigenvalue weighted by atomic mass is 10.0. The van der Waals surface area contributed by atoms with Crippen molar-refractivity contribution in [2.24, 2.45) is 5.73 Å². The Morgan fingerprint density at radius 2 is 2.10 bits per heavy atom. The van der Waals surface area contributed by atoms with Crippen molar-refractivity contribution in [2.45, 2.75) is 12.5 Å². The molecule has 3 amide bonds. The molecule has 21 heavy (non-hydrogen) atoms. The summed E-state index contributed by atoms with van der Waals surface area (Å²) in [6.07, 6.45) is 1.32. The maximum absolute atomic E-state index is 11.6. The third-order valence-electron chi connectivity index (χ3n) is 3.40. The van der Waals surface area contributed by atoms with Gasteiger partial charge in [-0.1, -0.05) is 0 Å². The fraction of sp³-hybridized carbons (Fsp3) is 0.214. The molecule has 0 spiro atoms. The molecule has 1 aromatic heterocycles. The first-order valence-electron chi connectivity index (χ1n) is 6.45. The van der Waals surface area contributed by atoms with Crippen LogP contribution in [0.25, 0.3) is 11.0 Å². The number of nitrogens with two attached hydrogens (primary N) is 1. The molecule has 108 valence electrons. The van der Waals surface area contributed by atoms with Gasteiger partial charge in [-0.15, -0.1) is 0 Å². The van der Waals surface area contributed by atoms with Gasteiger partial charge in [0.15, 0.2) is 6.04 Å². The van der Waals surface area contributed by atoms with Crippen LogP contribution in [0, 0.1) is 0 Å². The van der Waals surface area contributed by atoms with E-state index in [0.29, 0.717) is 29.9 Å². The Morgan fingerprint density at radius 3 is 2.71 bits per heavy atom. The van der Waals surface area contributed by atoms with E-state index in [1.807, 2.05) is 6.07 Å². The van der Waals surface area contributed by atoms with Crippen molar-refractivity contribution < 1.29 is 18.8 Å². The number of benzene rings is 1. The van der Waals surface area contributed by atoms with Crippen LogP contribution in [0.5, 0.6) is 0 Å². The summed E-state index contributed by atoms with van der Waals surface area (Å²) in [6.45, 7) is 0.429. The van der Waals surface area contributed by atoms with Gasteiger partial charge in [0.2, 0.25) is 0 Å². The molecule has 0 radical (unpaired) electrons. The summed E-state index contributed by atoms with van der Waals surface area (Å²) in [5, 5.41) is 5.37. The Labute approximate surface area is 119 Å². The fourth-order valence-corrected chi connectivity index (χ4v) is 2.41. The van der Waals surface area contributed by atoms with Gasteiger partial charge >= 0.3 is 6.03 Å². The zero-order valence-electron chi connectivity index (χ0n) is 11.0. The molecule has 4 N–H and O–H groups in total. The maximum Gasteiger partial charge on any atom is 0.322 e. The Hall–Kier alpha value is -2.67. The van der Waals surface area contributed by atoms with Crippen LogP contribution in [0.2, 0.25) is 0 Å². The predicted molar refractivity (Wildman–Crippen MR) is 73.8 cm³/mol. The molecule has 1 aliphatic rings. The van der Waals surface area contributed by atoms with Crippen LogP contribution in [-0.4, -0.2) is 24.8 Å². The van der Waals surface area contributed by atoms with Gasteiger partial charge in [0.1, 0.15) is 17.6 Å². The molecule has 0 aliphatic carbocycles. The molecule has 2 aromatic rings. The second-order valence-electron chi connectivity index (χ2n) is 4.79. The number of aldehydes is 1. The summed E-state index contributed by atoms with van der Waals surface area (Å²) >= 11 is 0. The molecular formula is C14H13N3O4. The van der Waals surface area contributed by atoms with Gasteiger partial charge in [-0.05, 0) is 36.7 Å². The van der Waals surface area contributed by atoms with Crippen molar-refractivity contribution in [1.82, 2.24) is 10.6 Å². The van der Waals surface area contributed by atoms with Crippen LogP contribution < -0.4 is 16.4 Å². The number of furan rings is 1. The van der Waals surface area contributed by atoms with E-state index >= 15 is 0 Å². The Balaban J connectivity index is 2.05. The van der Waals surface area contributed by atoms with E-state index in [9.17, 15) is 14.4 Å². The molecule has 0 bridgehead atoms. The molecule has 1 aliphatic heterocycles. The van der Waals surface area contributed by atoms with Crippen molar-refractivity contribution in [1.29, 1.82) is 0 Å². The lowest BCUT2D eigenvalue weighted by molar-refractivity contribution is -0.120. The first-order valence-corrected chi connectivity index (χ1v) is 6.45. The third kappa shape index (κ3) is 2.27. The number of imide groups is 1.